The minimum Gasteiger partial charge on any atom is -0.480 e. The molecule has 1 aliphatic carbocycles. The number of ether oxygens (including phenoxy) is 1. The lowest BCUT2D eigenvalue weighted by atomic mass is 10.1. The highest BCUT2D eigenvalue weighted by molar-refractivity contribution is 6.31. The van der Waals surface area contributed by atoms with Crippen LogP contribution in [0.1, 0.15) is 28.8 Å². The van der Waals surface area contributed by atoms with Crippen molar-refractivity contribution in [3.05, 3.63) is 41.1 Å². The summed E-state index contributed by atoms with van der Waals surface area (Å²) in [5.41, 5.74) is 0.911. The zero-order valence-electron chi connectivity index (χ0n) is 14.1. The molecule has 1 amide bonds. The van der Waals surface area contributed by atoms with Gasteiger partial charge in [-0.25, -0.2) is 9.97 Å². The zero-order chi connectivity index (χ0) is 18.0. The molecule has 0 bridgehead atoms. The van der Waals surface area contributed by atoms with Crippen LogP contribution in [-0.4, -0.2) is 44.8 Å². The summed E-state index contributed by atoms with van der Waals surface area (Å²) in [4.78, 5) is 20.8. The van der Waals surface area contributed by atoms with Gasteiger partial charge < -0.3 is 19.7 Å². The van der Waals surface area contributed by atoms with Crippen molar-refractivity contribution < 1.29 is 14.6 Å². The molecule has 0 spiro atoms. The standard InChI is InChI=1S/C17H21ClN4O3/c1-10-12(18)7-20-17(25-2)15(10)16(24)21-13-5-11(6-14(13)23)8-22-4-3-19-9-22/h3-4,7,9,11,13-14,23H,5-6,8H2,1-2H3,(H,21,24)/t11?,13-,14-/m1/s1. The van der Waals surface area contributed by atoms with Crippen LogP contribution in [0.4, 0.5) is 0 Å². The van der Waals surface area contributed by atoms with Crippen LogP contribution in [-0.2, 0) is 6.54 Å². The van der Waals surface area contributed by atoms with Gasteiger partial charge in [0.15, 0.2) is 0 Å². The van der Waals surface area contributed by atoms with Crippen LogP contribution in [0.25, 0.3) is 0 Å². The Hall–Kier alpha value is -2.12. The van der Waals surface area contributed by atoms with Gasteiger partial charge in [-0.3, -0.25) is 4.79 Å². The van der Waals surface area contributed by atoms with Gasteiger partial charge in [-0.2, -0.15) is 0 Å². The smallest absolute Gasteiger partial charge is 0.257 e. The van der Waals surface area contributed by atoms with E-state index in [1.807, 2.05) is 10.8 Å². The van der Waals surface area contributed by atoms with E-state index in [0.717, 1.165) is 6.54 Å². The number of carbonyl (C=O) groups excluding carboxylic acids is 1. The monoisotopic (exact) mass is 364 g/mol. The van der Waals surface area contributed by atoms with Crippen molar-refractivity contribution in [1.82, 2.24) is 19.9 Å². The van der Waals surface area contributed by atoms with Crippen molar-refractivity contribution in [3.63, 3.8) is 0 Å². The number of imidazole rings is 1. The Labute approximate surface area is 151 Å². The molecule has 0 saturated heterocycles. The molecule has 0 aliphatic heterocycles. The highest BCUT2D eigenvalue weighted by atomic mass is 35.5. The lowest BCUT2D eigenvalue weighted by Gasteiger charge is -2.18. The third kappa shape index (κ3) is 3.77. The Morgan fingerprint density at radius 2 is 2.32 bits per heavy atom. The molecule has 2 N–H and O–H groups in total. The fourth-order valence-electron chi connectivity index (χ4n) is 3.33. The number of halogens is 1. The highest BCUT2D eigenvalue weighted by Crippen LogP contribution is 2.29. The summed E-state index contributed by atoms with van der Waals surface area (Å²) in [6.07, 6.45) is 7.57. The molecule has 0 radical (unpaired) electrons. The number of pyridine rings is 1. The molecule has 3 atom stereocenters. The van der Waals surface area contributed by atoms with Crippen LogP contribution in [0.5, 0.6) is 5.88 Å². The van der Waals surface area contributed by atoms with E-state index >= 15 is 0 Å². The summed E-state index contributed by atoms with van der Waals surface area (Å²) in [5.74, 6) is 0.161. The molecule has 0 aromatic carbocycles. The molecule has 1 fully saturated rings. The first-order valence-electron chi connectivity index (χ1n) is 8.13. The summed E-state index contributed by atoms with van der Waals surface area (Å²) < 4.78 is 7.16. The van der Waals surface area contributed by atoms with Crippen LogP contribution in [0.2, 0.25) is 5.02 Å². The summed E-state index contributed by atoms with van der Waals surface area (Å²) in [6.45, 7) is 2.51. The first-order valence-corrected chi connectivity index (χ1v) is 8.51. The molecule has 2 aromatic rings. The van der Waals surface area contributed by atoms with Gasteiger partial charge in [0, 0.05) is 25.1 Å². The Balaban J connectivity index is 1.70. The number of methoxy groups -OCH3 is 1. The average Bonchev–Trinajstić information content (AvgIpc) is 3.20. The molecule has 1 aliphatic rings. The predicted molar refractivity (Wildman–Crippen MR) is 92.7 cm³/mol. The number of amides is 1. The molecule has 7 nitrogen and oxygen atoms in total. The minimum atomic E-state index is -0.587. The van der Waals surface area contributed by atoms with Gasteiger partial charge in [0.1, 0.15) is 5.56 Å². The zero-order valence-corrected chi connectivity index (χ0v) is 14.9. The number of hydrogen-bond donors (Lipinski definition) is 2. The van der Waals surface area contributed by atoms with Gasteiger partial charge in [-0.1, -0.05) is 11.6 Å². The van der Waals surface area contributed by atoms with E-state index in [2.05, 4.69) is 15.3 Å². The van der Waals surface area contributed by atoms with E-state index in [-0.39, 0.29) is 23.7 Å². The summed E-state index contributed by atoms with van der Waals surface area (Å²) >= 11 is 6.08. The van der Waals surface area contributed by atoms with E-state index < -0.39 is 6.10 Å². The van der Waals surface area contributed by atoms with Crippen LogP contribution in [0.15, 0.2) is 24.9 Å². The number of aliphatic hydroxyl groups excluding tert-OH is 1. The molecule has 3 rings (SSSR count). The number of aromatic nitrogens is 3. The van der Waals surface area contributed by atoms with Crippen molar-refractivity contribution >= 4 is 17.5 Å². The lowest BCUT2D eigenvalue weighted by Crippen LogP contribution is -2.40. The second-order valence-electron chi connectivity index (χ2n) is 6.36. The van der Waals surface area contributed by atoms with Gasteiger partial charge in [-0.15, -0.1) is 0 Å². The first kappa shape index (κ1) is 17.7. The van der Waals surface area contributed by atoms with Gasteiger partial charge >= 0.3 is 0 Å². The quantitative estimate of drug-likeness (QED) is 0.844. The van der Waals surface area contributed by atoms with Crippen molar-refractivity contribution in [2.24, 2.45) is 5.92 Å². The van der Waals surface area contributed by atoms with E-state index in [1.54, 1.807) is 19.4 Å². The van der Waals surface area contributed by atoms with Crippen molar-refractivity contribution in [1.29, 1.82) is 0 Å². The molecular weight excluding hydrogens is 344 g/mol. The third-order valence-corrected chi connectivity index (χ3v) is 5.01. The summed E-state index contributed by atoms with van der Waals surface area (Å²) in [5, 5.41) is 13.6. The van der Waals surface area contributed by atoms with Crippen LogP contribution in [0, 0.1) is 12.8 Å². The highest BCUT2D eigenvalue weighted by Gasteiger charge is 2.35. The van der Waals surface area contributed by atoms with E-state index in [1.165, 1.54) is 13.3 Å². The molecule has 2 heterocycles. The van der Waals surface area contributed by atoms with Crippen LogP contribution >= 0.6 is 11.6 Å². The Bertz CT molecular complexity index is 751. The maximum absolute atomic E-state index is 12.7. The SMILES string of the molecule is COc1ncc(Cl)c(C)c1C(=O)N[C@@H]1CC(Cn2ccnc2)C[C@H]1O. The summed E-state index contributed by atoms with van der Waals surface area (Å²) in [7, 11) is 1.46. The second kappa shape index (κ2) is 7.41. The summed E-state index contributed by atoms with van der Waals surface area (Å²) in [6, 6.07) is -0.316. The molecule has 2 aromatic heterocycles. The van der Waals surface area contributed by atoms with Crippen LogP contribution in [0.3, 0.4) is 0 Å². The third-order valence-electron chi connectivity index (χ3n) is 4.63. The Morgan fingerprint density at radius 3 is 3.00 bits per heavy atom. The molecule has 8 heteroatoms. The number of rotatable bonds is 5. The normalized spacial score (nSPS) is 22.8. The number of nitrogens with zero attached hydrogens (tertiary/aromatic N) is 3. The molecule has 1 unspecified atom stereocenters. The van der Waals surface area contributed by atoms with Gasteiger partial charge in [-0.05, 0) is 31.2 Å². The number of aliphatic hydroxyl groups is 1. The topological polar surface area (TPSA) is 89.3 Å². The molecule has 25 heavy (non-hydrogen) atoms. The van der Waals surface area contributed by atoms with E-state index in [4.69, 9.17) is 16.3 Å². The van der Waals surface area contributed by atoms with Gasteiger partial charge in [0.25, 0.3) is 5.91 Å². The van der Waals surface area contributed by atoms with Crippen LogP contribution < -0.4 is 10.1 Å². The van der Waals surface area contributed by atoms with Gasteiger partial charge in [0.2, 0.25) is 5.88 Å². The largest absolute Gasteiger partial charge is 0.480 e. The van der Waals surface area contributed by atoms with Crippen molar-refractivity contribution in [3.8, 4) is 5.88 Å². The maximum Gasteiger partial charge on any atom is 0.257 e. The second-order valence-corrected chi connectivity index (χ2v) is 6.77. The maximum atomic E-state index is 12.7. The number of nitrogens with one attached hydrogen (secondary N) is 1. The molecule has 1 saturated carbocycles. The fourth-order valence-corrected chi connectivity index (χ4v) is 3.48. The van der Waals surface area contributed by atoms with Gasteiger partial charge in [0.05, 0.1) is 30.6 Å². The fraction of sp³-hybridized carbons (Fsp3) is 0.471. The number of hydrogen-bond acceptors (Lipinski definition) is 5. The molecule has 134 valence electrons. The van der Waals surface area contributed by atoms with Crippen molar-refractivity contribution in [2.45, 2.75) is 38.5 Å². The average molecular weight is 365 g/mol. The first-order chi connectivity index (χ1) is 12.0. The molecular formula is C17H21ClN4O3. The minimum absolute atomic E-state index is 0.224. The Kier molecular flexibility index (Phi) is 5.24. The lowest BCUT2D eigenvalue weighted by molar-refractivity contribution is 0.0868. The van der Waals surface area contributed by atoms with E-state index in [0.29, 0.717) is 29.0 Å². The predicted octanol–water partition coefficient (Wildman–Crippen LogP) is 1.82. The van der Waals surface area contributed by atoms with E-state index in [9.17, 15) is 9.90 Å². The number of carbonyl (C=O) groups is 1. The Morgan fingerprint density at radius 1 is 1.52 bits per heavy atom. The van der Waals surface area contributed by atoms with Crippen molar-refractivity contribution in [2.75, 3.05) is 7.11 Å².